The van der Waals surface area contributed by atoms with Gasteiger partial charge in [0.1, 0.15) is 11.5 Å². The molecule has 2 aliphatic heterocycles. The molecule has 0 saturated carbocycles. The van der Waals surface area contributed by atoms with Gasteiger partial charge in [0.15, 0.2) is 0 Å². The first-order chi connectivity index (χ1) is 9.33. The highest BCUT2D eigenvalue weighted by molar-refractivity contribution is 5.81. The van der Waals surface area contributed by atoms with Gasteiger partial charge in [0, 0.05) is 35.2 Å². The normalized spacial score (nSPS) is 15.6. The first-order valence-corrected chi connectivity index (χ1v) is 6.63. The van der Waals surface area contributed by atoms with E-state index >= 15 is 0 Å². The molecule has 4 rings (SSSR count). The Labute approximate surface area is 112 Å². The second kappa shape index (κ2) is 3.92. The standard InChI is InChI=1S/C16H15NO2/c17-12-3-1-2-10(8-12)15-13-5-7-18-14(13)9-11-4-6-19-16(11)15/h1-3,8-9H,4-7,17H2. The van der Waals surface area contributed by atoms with Crippen LogP contribution in [0.2, 0.25) is 0 Å². The SMILES string of the molecule is Nc1cccc(-c2c3c(cc4c2OCC4)OCC3)c1. The Bertz CT molecular complexity index is 632. The Morgan fingerprint density at radius 3 is 2.79 bits per heavy atom. The molecule has 0 radical (unpaired) electrons. The van der Waals surface area contributed by atoms with Crippen molar-refractivity contribution in [3.63, 3.8) is 0 Å². The molecule has 96 valence electrons. The second-order valence-corrected chi connectivity index (χ2v) is 5.04. The van der Waals surface area contributed by atoms with Crippen molar-refractivity contribution in [3.8, 4) is 22.6 Å². The molecule has 3 heteroatoms. The number of nitrogens with two attached hydrogens (primary N) is 1. The van der Waals surface area contributed by atoms with Gasteiger partial charge in [-0.2, -0.15) is 0 Å². The van der Waals surface area contributed by atoms with Crippen molar-refractivity contribution in [3.05, 3.63) is 41.5 Å². The maximum atomic E-state index is 5.91. The molecule has 2 aliphatic rings. The van der Waals surface area contributed by atoms with Gasteiger partial charge in [-0.1, -0.05) is 12.1 Å². The molecule has 2 heterocycles. The molecule has 0 bridgehead atoms. The zero-order chi connectivity index (χ0) is 12.8. The number of hydrogen-bond donors (Lipinski definition) is 1. The summed E-state index contributed by atoms with van der Waals surface area (Å²) in [5.74, 6) is 2.04. The summed E-state index contributed by atoms with van der Waals surface area (Å²) in [5.41, 5.74) is 11.5. The minimum absolute atomic E-state index is 0.757. The number of anilines is 1. The number of hydrogen-bond acceptors (Lipinski definition) is 3. The van der Waals surface area contributed by atoms with Crippen LogP contribution in [0.5, 0.6) is 11.5 Å². The van der Waals surface area contributed by atoms with Gasteiger partial charge >= 0.3 is 0 Å². The Balaban J connectivity index is 2.01. The molecule has 2 aromatic carbocycles. The van der Waals surface area contributed by atoms with Gasteiger partial charge in [0.25, 0.3) is 0 Å². The van der Waals surface area contributed by atoms with E-state index in [-0.39, 0.29) is 0 Å². The molecule has 2 N–H and O–H groups in total. The van der Waals surface area contributed by atoms with Gasteiger partial charge in [-0.15, -0.1) is 0 Å². The Morgan fingerprint density at radius 2 is 1.89 bits per heavy atom. The van der Waals surface area contributed by atoms with E-state index in [2.05, 4.69) is 12.1 Å². The van der Waals surface area contributed by atoms with E-state index in [0.29, 0.717) is 0 Å². The van der Waals surface area contributed by atoms with Crippen LogP contribution < -0.4 is 15.2 Å². The molecule has 0 aliphatic carbocycles. The topological polar surface area (TPSA) is 44.5 Å². The first-order valence-electron chi connectivity index (χ1n) is 6.63. The Morgan fingerprint density at radius 1 is 1.00 bits per heavy atom. The van der Waals surface area contributed by atoms with Crippen molar-refractivity contribution in [2.45, 2.75) is 12.8 Å². The van der Waals surface area contributed by atoms with Crippen LogP contribution in [0.3, 0.4) is 0 Å². The molecule has 2 aromatic rings. The predicted molar refractivity (Wildman–Crippen MR) is 74.7 cm³/mol. The maximum absolute atomic E-state index is 5.91. The highest BCUT2D eigenvalue weighted by atomic mass is 16.5. The van der Waals surface area contributed by atoms with Gasteiger partial charge in [0.2, 0.25) is 0 Å². The summed E-state index contributed by atoms with van der Waals surface area (Å²) in [6, 6.07) is 10.1. The van der Waals surface area contributed by atoms with Gasteiger partial charge in [-0.05, 0) is 23.8 Å². The highest BCUT2D eigenvalue weighted by Crippen LogP contribution is 2.46. The highest BCUT2D eigenvalue weighted by Gasteiger charge is 2.27. The monoisotopic (exact) mass is 253 g/mol. The van der Waals surface area contributed by atoms with Gasteiger partial charge in [0.05, 0.1) is 13.2 Å². The summed E-state index contributed by atoms with van der Waals surface area (Å²) in [6.45, 7) is 1.51. The smallest absolute Gasteiger partial charge is 0.130 e. The van der Waals surface area contributed by atoms with E-state index in [1.807, 2.05) is 18.2 Å². The number of nitrogen functional groups attached to an aromatic ring is 1. The van der Waals surface area contributed by atoms with Gasteiger partial charge in [-0.25, -0.2) is 0 Å². The van der Waals surface area contributed by atoms with Crippen molar-refractivity contribution < 1.29 is 9.47 Å². The zero-order valence-electron chi connectivity index (χ0n) is 10.6. The lowest BCUT2D eigenvalue weighted by Crippen LogP contribution is -1.94. The van der Waals surface area contributed by atoms with Crippen molar-refractivity contribution in [1.82, 2.24) is 0 Å². The summed E-state index contributed by atoms with van der Waals surface area (Å²) in [6.07, 6.45) is 1.90. The largest absolute Gasteiger partial charge is 0.493 e. The van der Waals surface area contributed by atoms with Crippen LogP contribution >= 0.6 is 0 Å². The third kappa shape index (κ3) is 1.58. The lowest BCUT2D eigenvalue weighted by molar-refractivity contribution is 0.356. The van der Waals surface area contributed by atoms with Crippen LogP contribution in [0, 0.1) is 0 Å². The van der Waals surface area contributed by atoms with E-state index in [4.69, 9.17) is 15.2 Å². The fourth-order valence-electron chi connectivity index (χ4n) is 2.98. The molecule has 0 fully saturated rings. The van der Waals surface area contributed by atoms with Crippen LogP contribution in [-0.4, -0.2) is 13.2 Å². The van der Waals surface area contributed by atoms with Gasteiger partial charge < -0.3 is 15.2 Å². The van der Waals surface area contributed by atoms with E-state index in [1.165, 1.54) is 16.7 Å². The average molecular weight is 253 g/mol. The molecule has 0 aromatic heterocycles. The van der Waals surface area contributed by atoms with Crippen molar-refractivity contribution in [1.29, 1.82) is 0 Å². The molecule has 0 amide bonds. The molecule has 19 heavy (non-hydrogen) atoms. The minimum Gasteiger partial charge on any atom is -0.493 e. The maximum Gasteiger partial charge on any atom is 0.130 e. The molecular formula is C16H15NO2. The van der Waals surface area contributed by atoms with Crippen LogP contribution in [0.25, 0.3) is 11.1 Å². The molecular weight excluding hydrogens is 238 g/mol. The lowest BCUT2D eigenvalue weighted by atomic mass is 9.94. The fraction of sp³-hybridized carbons (Fsp3) is 0.250. The predicted octanol–water partition coefficient (Wildman–Crippen LogP) is 2.81. The van der Waals surface area contributed by atoms with Gasteiger partial charge in [-0.3, -0.25) is 0 Å². The van der Waals surface area contributed by atoms with E-state index in [1.54, 1.807) is 0 Å². The zero-order valence-corrected chi connectivity index (χ0v) is 10.6. The summed E-state index contributed by atoms with van der Waals surface area (Å²) in [7, 11) is 0. The Kier molecular flexibility index (Phi) is 2.21. The van der Waals surface area contributed by atoms with Crippen LogP contribution in [-0.2, 0) is 12.8 Å². The van der Waals surface area contributed by atoms with Crippen LogP contribution in [0.4, 0.5) is 5.69 Å². The van der Waals surface area contributed by atoms with E-state index in [9.17, 15) is 0 Å². The van der Waals surface area contributed by atoms with E-state index < -0.39 is 0 Å². The quantitative estimate of drug-likeness (QED) is 0.795. The number of benzene rings is 2. The summed E-state index contributed by atoms with van der Waals surface area (Å²) >= 11 is 0. The van der Waals surface area contributed by atoms with Crippen LogP contribution in [0.1, 0.15) is 11.1 Å². The lowest BCUT2D eigenvalue weighted by Gasteiger charge is -2.13. The third-order valence-corrected chi connectivity index (χ3v) is 3.83. The minimum atomic E-state index is 0.757. The summed E-state index contributed by atoms with van der Waals surface area (Å²) in [5, 5.41) is 0. The second-order valence-electron chi connectivity index (χ2n) is 5.04. The molecule has 0 saturated heterocycles. The Hall–Kier alpha value is -2.16. The number of rotatable bonds is 1. The molecule has 3 nitrogen and oxygen atoms in total. The molecule has 0 atom stereocenters. The van der Waals surface area contributed by atoms with Crippen molar-refractivity contribution in [2.24, 2.45) is 0 Å². The first kappa shape index (κ1) is 10.7. The molecule has 0 spiro atoms. The number of ether oxygens (including phenoxy) is 2. The van der Waals surface area contributed by atoms with Crippen molar-refractivity contribution in [2.75, 3.05) is 18.9 Å². The summed E-state index contributed by atoms with van der Waals surface area (Å²) in [4.78, 5) is 0. The third-order valence-electron chi connectivity index (χ3n) is 3.83. The number of fused-ring (bicyclic) bond motifs is 2. The molecule has 0 unspecified atom stereocenters. The van der Waals surface area contributed by atoms with Crippen LogP contribution in [0.15, 0.2) is 30.3 Å². The average Bonchev–Trinajstić information content (AvgIpc) is 3.03. The van der Waals surface area contributed by atoms with E-state index in [0.717, 1.165) is 48.8 Å². The fourth-order valence-corrected chi connectivity index (χ4v) is 2.98. The van der Waals surface area contributed by atoms with Crippen molar-refractivity contribution >= 4 is 5.69 Å². The summed E-state index contributed by atoms with van der Waals surface area (Å²) < 4.78 is 11.6.